The van der Waals surface area contributed by atoms with Gasteiger partial charge in [0, 0.05) is 11.8 Å². The summed E-state index contributed by atoms with van der Waals surface area (Å²) >= 11 is 12.1. The number of aliphatic imine (C=N–C) groups is 1. The summed E-state index contributed by atoms with van der Waals surface area (Å²) in [5.74, 6) is 0.0563. The molecule has 144 valence electrons. The Balaban J connectivity index is 2.02. The van der Waals surface area contributed by atoms with E-state index in [0.29, 0.717) is 5.56 Å². The largest absolute Gasteiger partial charge is 0.507 e. The van der Waals surface area contributed by atoms with Crippen molar-refractivity contribution < 1.29 is 13.5 Å². The number of aryl methyl sites for hydroxylation is 1. The molecule has 5 nitrogen and oxygen atoms in total. The van der Waals surface area contributed by atoms with Crippen molar-refractivity contribution >= 4 is 50.8 Å². The summed E-state index contributed by atoms with van der Waals surface area (Å²) in [5, 5.41) is 10.4. The molecule has 3 aromatic carbocycles. The Bertz CT molecular complexity index is 1150. The molecule has 0 spiro atoms. The zero-order valence-corrected chi connectivity index (χ0v) is 17.1. The first-order valence-corrected chi connectivity index (χ1v) is 10.4. The van der Waals surface area contributed by atoms with Gasteiger partial charge >= 0.3 is 0 Å². The fraction of sp³-hybridized carbons (Fsp3) is 0.0500. The molecular weight excluding hydrogens is 419 g/mol. The van der Waals surface area contributed by atoms with Crippen molar-refractivity contribution in [2.24, 2.45) is 4.99 Å². The Morgan fingerprint density at radius 2 is 1.68 bits per heavy atom. The average molecular weight is 435 g/mol. The molecule has 3 rings (SSSR count). The standard InChI is InChI=1S/C20H16Cl2N2O3S/c1-13-7-8-20(25)14(9-13)12-23-18-10-16(21)17(22)11-19(18)24-28(26,27)15-5-3-2-4-6-15/h2-12,24-25H,1H3. The van der Waals surface area contributed by atoms with Crippen molar-refractivity contribution in [2.75, 3.05) is 4.72 Å². The highest BCUT2D eigenvalue weighted by Gasteiger charge is 2.17. The number of aromatic hydroxyl groups is 1. The van der Waals surface area contributed by atoms with Gasteiger partial charge in [0.25, 0.3) is 10.0 Å². The van der Waals surface area contributed by atoms with Crippen molar-refractivity contribution in [1.29, 1.82) is 0 Å². The van der Waals surface area contributed by atoms with Gasteiger partial charge in [-0.05, 0) is 43.3 Å². The monoisotopic (exact) mass is 434 g/mol. The van der Waals surface area contributed by atoms with Gasteiger partial charge in [0.15, 0.2) is 0 Å². The SMILES string of the molecule is Cc1ccc(O)c(C=Nc2cc(Cl)c(Cl)cc2NS(=O)(=O)c2ccccc2)c1. The summed E-state index contributed by atoms with van der Waals surface area (Å²) < 4.78 is 27.8. The minimum absolute atomic E-state index is 0.0563. The lowest BCUT2D eigenvalue weighted by atomic mass is 10.1. The number of anilines is 1. The van der Waals surface area contributed by atoms with Crippen LogP contribution in [0.5, 0.6) is 5.75 Å². The lowest BCUT2D eigenvalue weighted by Gasteiger charge is -2.12. The molecule has 3 aromatic rings. The summed E-state index contributed by atoms with van der Waals surface area (Å²) in [6.45, 7) is 1.88. The van der Waals surface area contributed by atoms with Crippen LogP contribution in [0.2, 0.25) is 10.0 Å². The number of hydrogen-bond donors (Lipinski definition) is 2. The van der Waals surface area contributed by atoms with Crippen molar-refractivity contribution in [3.05, 3.63) is 81.8 Å². The van der Waals surface area contributed by atoms with Gasteiger partial charge in [-0.1, -0.05) is 53.0 Å². The second kappa shape index (κ2) is 8.22. The Hall–Kier alpha value is -2.54. The topological polar surface area (TPSA) is 78.8 Å². The molecule has 0 fully saturated rings. The molecule has 8 heteroatoms. The average Bonchev–Trinajstić information content (AvgIpc) is 2.66. The maximum absolute atomic E-state index is 12.6. The highest BCUT2D eigenvalue weighted by atomic mass is 35.5. The molecule has 0 aliphatic heterocycles. The van der Waals surface area contributed by atoms with Gasteiger partial charge in [0.2, 0.25) is 0 Å². The van der Waals surface area contributed by atoms with Crippen LogP contribution < -0.4 is 4.72 Å². The van der Waals surface area contributed by atoms with E-state index in [9.17, 15) is 13.5 Å². The van der Waals surface area contributed by atoms with E-state index in [2.05, 4.69) is 9.71 Å². The molecular formula is C20H16Cl2N2O3S. The molecule has 0 saturated carbocycles. The fourth-order valence-corrected chi connectivity index (χ4v) is 3.85. The van der Waals surface area contributed by atoms with E-state index in [4.69, 9.17) is 23.2 Å². The summed E-state index contributed by atoms with van der Waals surface area (Å²) in [5.41, 5.74) is 1.86. The molecule has 0 aromatic heterocycles. The van der Waals surface area contributed by atoms with Gasteiger partial charge in [0.1, 0.15) is 5.75 Å². The van der Waals surface area contributed by atoms with Gasteiger partial charge < -0.3 is 5.11 Å². The van der Waals surface area contributed by atoms with Crippen LogP contribution in [-0.4, -0.2) is 19.7 Å². The Kier molecular flexibility index (Phi) is 5.93. The molecule has 0 amide bonds. The number of hydrogen-bond acceptors (Lipinski definition) is 4. The van der Waals surface area contributed by atoms with E-state index in [0.717, 1.165) is 5.56 Å². The number of nitrogens with zero attached hydrogens (tertiary/aromatic N) is 1. The predicted octanol–water partition coefficient (Wildman–Crippen LogP) is 5.56. The molecule has 0 atom stereocenters. The Morgan fingerprint density at radius 3 is 2.39 bits per heavy atom. The summed E-state index contributed by atoms with van der Waals surface area (Å²) in [6, 6.07) is 15.9. The van der Waals surface area contributed by atoms with Gasteiger partial charge in [-0.25, -0.2) is 8.42 Å². The van der Waals surface area contributed by atoms with Crippen molar-refractivity contribution in [2.45, 2.75) is 11.8 Å². The molecule has 0 bridgehead atoms. The van der Waals surface area contributed by atoms with Crippen molar-refractivity contribution in [3.63, 3.8) is 0 Å². The number of rotatable bonds is 5. The molecule has 0 aliphatic rings. The van der Waals surface area contributed by atoms with E-state index in [1.165, 1.54) is 30.5 Å². The fourth-order valence-electron chi connectivity index (χ4n) is 2.44. The number of benzene rings is 3. The Morgan fingerprint density at radius 1 is 1.00 bits per heavy atom. The van der Waals surface area contributed by atoms with E-state index < -0.39 is 10.0 Å². The molecule has 0 heterocycles. The van der Waals surface area contributed by atoms with Crippen LogP contribution in [0.25, 0.3) is 0 Å². The van der Waals surface area contributed by atoms with Crippen LogP contribution in [0.15, 0.2) is 70.6 Å². The molecule has 0 aliphatic carbocycles. The lowest BCUT2D eigenvalue weighted by Crippen LogP contribution is -2.13. The number of nitrogens with one attached hydrogen (secondary N) is 1. The third-order valence-corrected chi connectivity index (χ3v) is 5.97. The maximum Gasteiger partial charge on any atom is 0.261 e. The van der Waals surface area contributed by atoms with E-state index >= 15 is 0 Å². The van der Waals surface area contributed by atoms with Crippen LogP contribution in [0.1, 0.15) is 11.1 Å². The van der Waals surface area contributed by atoms with Crippen LogP contribution in [0.3, 0.4) is 0 Å². The van der Waals surface area contributed by atoms with Crippen molar-refractivity contribution in [3.8, 4) is 5.75 Å². The number of halogens is 2. The number of sulfonamides is 1. The van der Waals surface area contributed by atoms with E-state index in [1.807, 2.05) is 6.92 Å². The third kappa shape index (κ3) is 4.65. The van der Waals surface area contributed by atoms with Crippen LogP contribution in [0.4, 0.5) is 11.4 Å². The molecule has 0 radical (unpaired) electrons. The first-order valence-electron chi connectivity index (χ1n) is 8.17. The van der Waals surface area contributed by atoms with Gasteiger partial charge in [0.05, 0.1) is 26.3 Å². The zero-order chi connectivity index (χ0) is 20.3. The van der Waals surface area contributed by atoms with Gasteiger partial charge in [-0.2, -0.15) is 0 Å². The van der Waals surface area contributed by atoms with Crippen LogP contribution in [-0.2, 0) is 10.0 Å². The predicted molar refractivity (Wildman–Crippen MR) is 114 cm³/mol. The smallest absolute Gasteiger partial charge is 0.261 e. The minimum Gasteiger partial charge on any atom is -0.507 e. The van der Waals surface area contributed by atoms with Gasteiger partial charge in [-0.15, -0.1) is 0 Å². The molecule has 0 unspecified atom stereocenters. The minimum atomic E-state index is -3.84. The number of phenols is 1. The second-order valence-corrected chi connectivity index (χ2v) is 8.52. The van der Waals surface area contributed by atoms with E-state index in [1.54, 1.807) is 36.4 Å². The maximum atomic E-state index is 12.6. The van der Waals surface area contributed by atoms with E-state index in [-0.39, 0.29) is 32.1 Å². The Labute approximate surface area is 173 Å². The normalized spacial score (nSPS) is 11.7. The molecule has 2 N–H and O–H groups in total. The quantitative estimate of drug-likeness (QED) is 0.515. The molecule has 28 heavy (non-hydrogen) atoms. The summed E-state index contributed by atoms with van der Waals surface area (Å²) in [7, 11) is -3.84. The summed E-state index contributed by atoms with van der Waals surface area (Å²) in [6.07, 6.45) is 1.43. The first kappa shape index (κ1) is 20.2. The highest BCUT2D eigenvalue weighted by Crippen LogP contribution is 2.36. The first-order chi connectivity index (χ1) is 13.3. The lowest BCUT2D eigenvalue weighted by molar-refractivity contribution is 0.474. The third-order valence-electron chi connectivity index (χ3n) is 3.86. The second-order valence-electron chi connectivity index (χ2n) is 6.02. The molecule has 0 saturated heterocycles. The highest BCUT2D eigenvalue weighted by molar-refractivity contribution is 7.92. The van der Waals surface area contributed by atoms with Crippen LogP contribution >= 0.6 is 23.2 Å². The zero-order valence-electron chi connectivity index (χ0n) is 14.7. The number of phenolic OH excluding ortho intramolecular Hbond substituents is 1. The van der Waals surface area contributed by atoms with Crippen molar-refractivity contribution in [1.82, 2.24) is 0 Å². The summed E-state index contributed by atoms with van der Waals surface area (Å²) in [4.78, 5) is 4.41. The van der Waals surface area contributed by atoms with Gasteiger partial charge in [-0.3, -0.25) is 9.71 Å². The van der Waals surface area contributed by atoms with Crippen LogP contribution in [0, 0.1) is 6.92 Å².